The molecule has 0 saturated carbocycles. The van der Waals surface area contributed by atoms with Crippen LogP contribution >= 0.6 is 11.6 Å². The number of halogens is 1. The molecule has 0 radical (unpaired) electrons. The predicted molar refractivity (Wildman–Crippen MR) is 99.6 cm³/mol. The zero-order chi connectivity index (χ0) is 17.6. The molecule has 0 bridgehead atoms. The molecule has 1 saturated heterocycles. The van der Waals surface area contributed by atoms with Crippen LogP contribution in [0.5, 0.6) is 0 Å². The molecule has 1 N–H and O–H groups in total. The van der Waals surface area contributed by atoms with Crippen LogP contribution in [0, 0.1) is 5.92 Å². The highest BCUT2D eigenvalue weighted by atomic mass is 35.5. The van der Waals surface area contributed by atoms with Crippen molar-refractivity contribution in [1.82, 2.24) is 10.2 Å². The molecule has 1 aromatic carbocycles. The Kier molecular flexibility index (Phi) is 6.16. The summed E-state index contributed by atoms with van der Waals surface area (Å²) in [7, 11) is 0. The van der Waals surface area contributed by atoms with E-state index in [0.717, 1.165) is 30.3 Å². The van der Waals surface area contributed by atoms with E-state index < -0.39 is 0 Å². The second-order valence-corrected chi connectivity index (χ2v) is 7.29. The van der Waals surface area contributed by atoms with E-state index in [1.54, 1.807) is 6.26 Å². The van der Waals surface area contributed by atoms with Crippen molar-refractivity contribution < 1.29 is 9.21 Å². The third-order valence-electron chi connectivity index (χ3n) is 4.90. The Bertz CT molecular complexity index is 662. The second-order valence-electron chi connectivity index (χ2n) is 6.86. The van der Waals surface area contributed by atoms with E-state index in [2.05, 4.69) is 17.1 Å². The van der Waals surface area contributed by atoms with Crippen LogP contribution in [-0.2, 0) is 11.2 Å². The molecule has 1 aliphatic rings. The van der Waals surface area contributed by atoms with Crippen LogP contribution in [0.4, 0.5) is 0 Å². The smallest absolute Gasteiger partial charge is 0.224 e. The molecule has 4 nitrogen and oxygen atoms in total. The number of carbonyl (C=O) groups excluding carboxylic acids is 1. The highest BCUT2D eigenvalue weighted by Gasteiger charge is 2.26. The Morgan fingerprint density at radius 1 is 1.28 bits per heavy atom. The van der Waals surface area contributed by atoms with Gasteiger partial charge >= 0.3 is 0 Å². The fraction of sp³-hybridized carbons (Fsp3) is 0.450. The topological polar surface area (TPSA) is 45.5 Å². The molecule has 134 valence electrons. The van der Waals surface area contributed by atoms with Gasteiger partial charge in [0, 0.05) is 11.6 Å². The molecule has 25 heavy (non-hydrogen) atoms. The van der Waals surface area contributed by atoms with Crippen LogP contribution in [0.1, 0.15) is 37.1 Å². The number of likely N-dealkylation sites (tertiary alicyclic amines) is 1. The Labute approximate surface area is 154 Å². The van der Waals surface area contributed by atoms with Gasteiger partial charge in [-0.3, -0.25) is 9.69 Å². The summed E-state index contributed by atoms with van der Waals surface area (Å²) >= 11 is 5.89. The van der Waals surface area contributed by atoms with Gasteiger partial charge in [-0.15, -0.1) is 0 Å². The number of nitrogens with one attached hydrogen (secondary N) is 1. The maximum atomic E-state index is 12.3. The SMILES string of the molecule is CC1CCN(C(CNC(=O)Cc2ccc(Cl)cc2)c2ccco2)CC1. The zero-order valence-electron chi connectivity index (χ0n) is 14.6. The van der Waals surface area contributed by atoms with Gasteiger partial charge in [-0.2, -0.15) is 0 Å². The molecule has 0 aliphatic carbocycles. The Balaban J connectivity index is 1.58. The molecular weight excluding hydrogens is 336 g/mol. The highest BCUT2D eigenvalue weighted by Crippen LogP contribution is 2.26. The van der Waals surface area contributed by atoms with Gasteiger partial charge in [-0.25, -0.2) is 0 Å². The number of piperidine rings is 1. The zero-order valence-corrected chi connectivity index (χ0v) is 15.3. The third kappa shape index (κ3) is 5.10. The summed E-state index contributed by atoms with van der Waals surface area (Å²) in [6.45, 7) is 4.95. The van der Waals surface area contributed by atoms with Gasteiger partial charge in [0.25, 0.3) is 0 Å². The van der Waals surface area contributed by atoms with Gasteiger partial charge in [-0.1, -0.05) is 30.7 Å². The molecular formula is C20H25ClN2O2. The average Bonchev–Trinajstić information content (AvgIpc) is 3.13. The molecule has 2 heterocycles. The fourth-order valence-electron chi connectivity index (χ4n) is 3.29. The summed E-state index contributed by atoms with van der Waals surface area (Å²) in [5.74, 6) is 1.71. The minimum absolute atomic E-state index is 0.0178. The maximum absolute atomic E-state index is 12.3. The maximum Gasteiger partial charge on any atom is 0.224 e. The number of amides is 1. The second kappa shape index (κ2) is 8.54. The summed E-state index contributed by atoms with van der Waals surface area (Å²) < 4.78 is 5.63. The van der Waals surface area contributed by atoms with Gasteiger partial charge in [0.05, 0.1) is 18.7 Å². The number of nitrogens with zero attached hydrogens (tertiary/aromatic N) is 1. The molecule has 5 heteroatoms. The van der Waals surface area contributed by atoms with Crippen molar-refractivity contribution in [3.8, 4) is 0 Å². The molecule has 1 aliphatic heterocycles. The van der Waals surface area contributed by atoms with Crippen LogP contribution < -0.4 is 5.32 Å². The number of carbonyl (C=O) groups is 1. The van der Waals surface area contributed by atoms with E-state index in [9.17, 15) is 4.79 Å². The average molecular weight is 361 g/mol. The van der Waals surface area contributed by atoms with Gasteiger partial charge in [0.15, 0.2) is 0 Å². The summed E-state index contributed by atoms with van der Waals surface area (Å²) in [5.41, 5.74) is 0.961. The van der Waals surface area contributed by atoms with Crippen LogP contribution in [0.2, 0.25) is 5.02 Å². The minimum atomic E-state index is 0.0178. The normalized spacial score (nSPS) is 17.4. The fourth-order valence-corrected chi connectivity index (χ4v) is 3.42. The lowest BCUT2D eigenvalue weighted by Crippen LogP contribution is -2.42. The lowest BCUT2D eigenvalue weighted by molar-refractivity contribution is -0.120. The highest BCUT2D eigenvalue weighted by molar-refractivity contribution is 6.30. The molecule has 1 aromatic heterocycles. The first kappa shape index (κ1) is 18.0. The monoisotopic (exact) mass is 360 g/mol. The number of hydrogen-bond donors (Lipinski definition) is 1. The molecule has 0 spiro atoms. The Morgan fingerprint density at radius 2 is 2.00 bits per heavy atom. The lowest BCUT2D eigenvalue weighted by Gasteiger charge is -2.35. The van der Waals surface area contributed by atoms with Crippen LogP contribution in [0.15, 0.2) is 47.1 Å². The standard InChI is InChI=1S/C20H25ClN2O2/c1-15-8-10-23(11-9-15)18(19-3-2-12-25-19)14-22-20(24)13-16-4-6-17(21)7-5-16/h2-7,12,15,18H,8-11,13-14H2,1H3,(H,22,24). The summed E-state index contributed by atoms with van der Waals surface area (Å²) in [6.07, 6.45) is 4.44. The first-order valence-electron chi connectivity index (χ1n) is 8.90. The number of benzene rings is 1. The number of rotatable bonds is 6. The number of furan rings is 1. The molecule has 1 atom stereocenters. The van der Waals surface area contributed by atoms with Crippen molar-refractivity contribution in [3.05, 3.63) is 59.0 Å². The van der Waals surface area contributed by atoms with Crippen LogP contribution in [0.25, 0.3) is 0 Å². The van der Waals surface area contributed by atoms with Gasteiger partial charge < -0.3 is 9.73 Å². The van der Waals surface area contributed by atoms with Crippen LogP contribution in [0.3, 0.4) is 0 Å². The largest absolute Gasteiger partial charge is 0.468 e. The van der Waals surface area contributed by atoms with E-state index in [4.69, 9.17) is 16.0 Å². The van der Waals surface area contributed by atoms with Crippen molar-refractivity contribution in [2.24, 2.45) is 5.92 Å². The molecule has 1 fully saturated rings. The third-order valence-corrected chi connectivity index (χ3v) is 5.15. The van der Waals surface area contributed by atoms with Crippen molar-refractivity contribution in [1.29, 1.82) is 0 Å². The van der Waals surface area contributed by atoms with Crippen molar-refractivity contribution >= 4 is 17.5 Å². The van der Waals surface area contributed by atoms with Gasteiger partial charge in [0.1, 0.15) is 5.76 Å². The summed E-state index contributed by atoms with van der Waals surface area (Å²) in [4.78, 5) is 14.7. The lowest BCUT2D eigenvalue weighted by atomic mass is 9.97. The Morgan fingerprint density at radius 3 is 2.64 bits per heavy atom. The van der Waals surface area contributed by atoms with E-state index in [-0.39, 0.29) is 11.9 Å². The molecule has 1 amide bonds. The predicted octanol–water partition coefficient (Wildman–Crippen LogP) is 4.06. The van der Waals surface area contributed by atoms with Crippen LogP contribution in [-0.4, -0.2) is 30.4 Å². The minimum Gasteiger partial charge on any atom is -0.468 e. The van der Waals surface area contributed by atoms with Crippen molar-refractivity contribution in [3.63, 3.8) is 0 Å². The first-order chi connectivity index (χ1) is 12.1. The van der Waals surface area contributed by atoms with Crippen molar-refractivity contribution in [2.45, 2.75) is 32.2 Å². The molecule has 3 rings (SSSR count). The molecule has 2 aromatic rings. The molecule has 1 unspecified atom stereocenters. The number of hydrogen-bond acceptors (Lipinski definition) is 3. The first-order valence-corrected chi connectivity index (χ1v) is 9.28. The van der Waals surface area contributed by atoms with E-state index in [0.29, 0.717) is 18.0 Å². The quantitative estimate of drug-likeness (QED) is 0.844. The van der Waals surface area contributed by atoms with E-state index in [1.165, 1.54) is 12.8 Å². The van der Waals surface area contributed by atoms with Gasteiger partial charge in [-0.05, 0) is 61.7 Å². The van der Waals surface area contributed by atoms with Gasteiger partial charge in [0.2, 0.25) is 5.91 Å². The van der Waals surface area contributed by atoms with E-state index >= 15 is 0 Å². The Hall–Kier alpha value is -1.78. The summed E-state index contributed by atoms with van der Waals surface area (Å²) in [6, 6.07) is 11.4. The summed E-state index contributed by atoms with van der Waals surface area (Å²) in [5, 5.41) is 3.75. The van der Waals surface area contributed by atoms with Crippen molar-refractivity contribution in [2.75, 3.05) is 19.6 Å². The van der Waals surface area contributed by atoms with E-state index in [1.807, 2.05) is 36.4 Å².